The minimum Gasteiger partial charge on any atom is -0.507 e. The smallest absolute Gasteiger partial charge is 0.257 e. The normalized spacial score (nSPS) is 22.1. The van der Waals surface area contributed by atoms with Crippen LogP contribution in [0.2, 0.25) is 0 Å². The minimum atomic E-state index is -0.172. The zero-order valence-corrected chi connectivity index (χ0v) is 12.5. The van der Waals surface area contributed by atoms with Gasteiger partial charge in [-0.25, -0.2) is 0 Å². The van der Waals surface area contributed by atoms with E-state index >= 15 is 0 Å². The fourth-order valence-electron chi connectivity index (χ4n) is 2.90. The molecule has 1 N–H and O–H groups in total. The highest BCUT2D eigenvalue weighted by Crippen LogP contribution is 2.27. The predicted molar refractivity (Wildman–Crippen MR) is 76.4 cm³/mol. The van der Waals surface area contributed by atoms with Gasteiger partial charge >= 0.3 is 0 Å². The third kappa shape index (κ3) is 2.28. The Kier molecular flexibility index (Phi) is 3.41. The first-order valence-corrected chi connectivity index (χ1v) is 7.43. The molecule has 2 aliphatic rings. The molecule has 1 aromatic carbocycles. The zero-order valence-electron chi connectivity index (χ0n) is 10.9. The molecule has 0 radical (unpaired) electrons. The topological polar surface area (TPSA) is 60.9 Å². The summed E-state index contributed by atoms with van der Waals surface area (Å²) in [5.74, 6) is -0.00288. The van der Waals surface area contributed by atoms with Crippen LogP contribution in [0, 0.1) is 0 Å². The lowest BCUT2D eigenvalue weighted by Gasteiger charge is -2.37. The molecule has 5 nitrogen and oxygen atoms in total. The lowest BCUT2D eigenvalue weighted by molar-refractivity contribution is -0.130. The Morgan fingerprint density at radius 2 is 2.15 bits per heavy atom. The summed E-state index contributed by atoms with van der Waals surface area (Å²) in [4.78, 5) is 27.7. The van der Waals surface area contributed by atoms with Gasteiger partial charge in [0.1, 0.15) is 5.75 Å². The van der Waals surface area contributed by atoms with E-state index in [2.05, 4.69) is 15.9 Å². The average molecular weight is 339 g/mol. The lowest BCUT2D eigenvalue weighted by Crippen LogP contribution is -2.53. The first-order valence-electron chi connectivity index (χ1n) is 6.63. The summed E-state index contributed by atoms with van der Waals surface area (Å²) in [5, 5.41) is 9.88. The first-order chi connectivity index (χ1) is 9.56. The molecule has 6 heteroatoms. The van der Waals surface area contributed by atoms with Crippen LogP contribution in [0.3, 0.4) is 0 Å². The predicted octanol–water partition coefficient (Wildman–Crippen LogP) is 1.60. The molecule has 0 saturated carbocycles. The molecule has 2 amide bonds. The van der Waals surface area contributed by atoms with Gasteiger partial charge in [0.25, 0.3) is 5.91 Å². The second-order valence-corrected chi connectivity index (χ2v) is 6.11. The molecular weight excluding hydrogens is 324 g/mol. The Morgan fingerprint density at radius 3 is 2.90 bits per heavy atom. The van der Waals surface area contributed by atoms with Gasteiger partial charge in [0.05, 0.1) is 5.56 Å². The molecule has 2 fully saturated rings. The molecule has 2 saturated heterocycles. The third-order valence-electron chi connectivity index (χ3n) is 3.97. The largest absolute Gasteiger partial charge is 0.507 e. The van der Waals surface area contributed by atoms with Crippen molar-refractivity contribution in [3.63, 3.8) is 0 Å². The van der Waals surface area contributed by atoms with Crippen molar-refractivity contribution in [3.8, 4) is 5.75 Å². The van der Waals surface area contributed by atoms with Crippen molar-refractivity contribution in [2.75, 3.05) is 19.6 Å². The Balaban J connectivity index is 1.77. The summed E-state index contributed by atoms with van der Waals surface area (Å²) in [6.07, 6.45) is 1.39. The van der Waals surface area contributed by atoms with E-state index in [4.69, 9.17) is 0 Å². The summed E-state index contributed by atoms with van der Waals surface area (Å²) in [7, 11) is 0. The molecule has 0 bridgehead atoms. The van der Waals surface area contributed by atoms with Crippen molar-refractivity contribution in [1.82, 2.24) is 9.80 Å². The van der Waals surface area contributed by atoms with Crippen molar-refractivity contribution >= 4 is 27.7 Å². The number of hydrogen-bond donors (Lipinski definition) is 1. The van der Waals surface area contributed by atoms with Crippen LogP contribution in [0.25, 0.3) is 0 Å². The van der Waals surface area contributed by atoms with Crippen molar-refractivity contribution in [2.45, 2.75) is 18.9 Å². The fourth-order valence-corrected chi connectivity index (χ4v) is 3.25. The number of aromatic hydroxyl groups is 1. The second-order valence-electron chi connectivity index (χ2n) is 5.19. The molecule has 3 rings (SSSR count). The van der Waals surface area contributed by atoms with Crippen LogP contribution in [-0.2, 0) is 4.79 Å². The highest BCUT2D eigenvalue weighted by molar-refractivity contribution is 9.10. The number of fused-ring (bicyclic) bond motifs is 1. The molecule has 1 aromatic rings. The van der Waals surface area contributed by atoms with Crippen molar-refractivity contribution in [2.24, 2.45) is 0 Å². The summed E-state index contributed by atoms with van der Waals surface area (Å²) in [6.45, 7) is 1.67. The molecule has 20 heavy (non-hydrogen) atoms. The monoisotopic (exact) mass is 338 g/mol. The SMILES string of the molecule is O=C(c1ccc(Br)cc1O)N1CCN2C(=O)CCC2C1. The number of benzene rings is 1. The Bertz CT molecular complexity index is 576. The molecular formula is C14H15BrN2O3. The van der Waals surface area contributed by atoms with Gasteiger partial charge in [-0.2, -0.15) is 0 Å². The van der Waals surface area contributed by atoms with E-state index in [-0.39, 0.29) is 23.6 Å². The van der Waals surface area contributed by atoms with Gasteiger partial charge in [0.15, 0.2) is 0 Å². The fraction of sp³-hybridized carbons (Fsp3) is 0.429. The highest BCUT2D eigenvalue weighted by atomic mass is 79.9. The molecule has 2 heterocycles. The number of piperazine rings is 1. The van der Waals surface area contributed by atoms with Gasteiger partial charge in [0.2, 0.25) is 5.91 Å². The van der Waals surface area contributed by atoms with E-state index in [0.717, 1.165) is 10.9 Å². The van der Waals surface area contributed by atoms with Crippen LogP contribution in [0.1, 0.15) is 23.2 Å². The Labute approximate surface area is 125 Å². The standard InChI is InChI=1S/C14H15BrN2O3/c15-9-1-3-11(12(18)7-9)14(20)16-5-6-17-10(8-16)2-4-13(17)19/h1,3,7,10,18H,2,4-6,8H2. The van der Waals surface area contributed by atoms with E-state index in [9.17, 15) is 14.7 Å². The van der Waals surface area contributed by atoms with Gasteiger partial charge in [-0.15, -0.1) is 0 Å². The second kappa shape index (κ2) is 5.09. The number of carbonyl (C=O) groups is 2. The molecule has 0 aliphatic carbocycles. The molecule has 1 atom stereocenters. The van der Waals surface area contributed by atoms with Crippen LogP contribution >= 0.6 is 15.9 Å². The van der Waals surface area contributed by atoms with Gasteiger partial charge in [-0.1, -0.05) is 15.9 Å². The number of halogens is 1. The summed E-state index contributed by atoms with van der Waals surface area (Å²) < 4.78 is 0.734. The van der Waals surface area contributed by atoms with Gasteiger partial charge in [-0.05, 0) is 24.6 Å². The Morgan fingerprint density at radius 1 is 1.35 bits per heavy atom. The lowest BCUT2D eigenvalue weighted by atomic mass is 10.1. The maximum atomic E-state index is 12.4. The van der Waals surface area contributed by atoms with Gasteiger partial charge in [-0.3, -0.25) is 9.59 Å². The minimum absolute atomic E-state index is 0.0192. The molecule has 0 aromatic heterocycles. The quantitative estimate of drug-likeness (QED) is 0.846. The van der Waals surface area contributed by atoms with Crippen LogP contribution < -0.4 is 0 Å². The first kappa shape index (κ1) is 13.4. The Hall–Kier alpha value is -1.56. The number of hydrogen-bond acceptors (Lipinski definition) is 3. The van der Waals surface area contributed by atoms with E-state index in [1.54, 1.807) is 17.0 Å². The van der Waals surface area contributed by atoms with E-state index in [1.165, 1.54) is 6.07 Å². The van der Waals surface area contributed by atoms with E-state index in [0.29, 0.717) is 31.6 Å². The van der Waals surface area contributed by atoms with Crippen LogP contribution in [0.15, 0.2) is 22.7 Å². The summed E-state index contributed by atoms with van der Waals surface area (Å²) in [5.41, 5.74) is 0.311. The van der Waals surface area contributed by atoms with Crippen LogP contribution in [0.5, 0.6) is 5.75 Å². The van der Waals surface area contributed by atoms with E-state index < -0.39 is 0 Å². The maximum absolute atomic E-state index is 12.4. The number of phenolic OH excluding ortho intramolecular Hbond substituents is 1. The highest BCUT2D eigenvalue weighted by Gasteiger charge is 2.37. The molecule has 106 valence electrons. The number of carbonyl (C=O) groups excluding carboxylic acids is 2. The van der Waals surface area contributed by atoms with Crippen molar-refractivity contribution in [3.05, 3.63) is 28.2 Å². The molecule has 0 spiro atoms. The van der Waals surface area contributed by atoms with Crippen LogP contribution in [-0.4, -0.2) is 52.4 Å². The summed E-state index contributed by atoms with van der Waals surface area (Å²) >= 11 is 3.26. The number of phenols is 1. The van der Waals surface area contributed by atoms with Crippen LogP contribution in [0.4, 0.5) is 0 Å². The molecule has 1 unspecified atom stereocenters. The number of rotatable bonds is 1. The number of amides is 2. The average Bonchev–Trinajstić information content (AvgIpc) is 2.79. The van der Waals surface area contributed by atoms with Gasteiger partial charge in [0, 0.05) is 36.6 Å². The van der Waals surface area contributed by atoms with Crippen molar-refractivity contribution in [1.29, 1.82) is 0 Å². The maximum Gasteiger partial charge on any atom is 0.257 e. The number of nitrogens with zero attached hydrogens (tertiary/aromatic N) is 2. The molecule has 2 aliphatic heterocycles. The zero-order chi connectivity index (χ0) is 14.3. The summed E-state index contributed by atoms with van der Waals surface area (Å²) in [6, 6.07) is 5.01. The van der Waals surface area contributed by atoms with Gasteiger partial charge < -0.3 is 14.9 Å². The van der Waals surface area contributed by atoms with E-state index in [1.807, 2.05) is 4.90 Å². The van der Waals surface area contributed by atoms with Crippen molar-refractivity contribution < 1.29 is 14.7 Å². The third-order valence-corrected chi connectivity index (χ3v) is 4.47.